The quantitative estimate of drug-likeness (QED) is 0.465. The molecule has 9 heteroatoms. The van der Waals surface area contributed by atoms with Crippen molar-refractivity contribution in [2.75, 3.05) is 19.3 Å². The highest BCUT2D eigenvalue weighted by Gasteiger charge is 2.28. The van der Waals surface area contributed by atoms with E-state index >= 15 is 0 Å². The average molecular weight is 303 g/mol. The van der Waals surface area contributed by atoms with E-state index in [0.717, 1.165) is 10.4 Å². The summed E-state index contributed by atoms with van der Waals surface area (Å²) in [7, 11) is -2.64. The summed E-state index contributed by atoms with van der Waals surface area (Å²) < 4.78 is 25.4. The number of nitrogens with two attached hydrogens (primary N) is 1. The van der Waals surface area contributed by atoms with Gasteiger partial charge in [-0.3, -0.25) is 10.1 Å². The summed E-state index contributed by atoms with van der Waals surface area (Å²) in [6.07, 6.45) is 0. The zero-order valence-corrected chi connectivity index (χ0v) is 12.2. The van der Waals surface area contributed by atoms with Crippen LogP contribution in [0.1, 0.15) is 13.8 Å². The first-order valence-corrected chi connectivity index (χ1v) is 7.12. The average Bonchev–Trinajstić information content (AvgIpc) is 2.26. The molecule has 1 aromatic carbocycles. The Hall–Kier alpha value is -1.71. The smallest absolute Gasteiger partial charge is 0.293 e. The van der Waals surface area contributed by atoms with Gasteiger partial charge >= 0.3 is 0 Å². The third kappa shape index (κ3) is 3.65. The first-order chi connectivity index (χ1) is 8.95. The van der Waals surface area contributed by atoms with Crippen molar-refractivity contribution < 1.29 is 18.4 Å². The van der Waals surface area contributed by atoms with Gasteiger partial charge in [-0.25, -0.2) is 8.42 Å². The topological polar surface area (TPSA) is 127 Å². The fraction of sp³-hybridized carbons (Fsp3) is 0.455. The summed E-state index contributed by atoms with van der Waals surface area (Å²) in [6.45, 7) is 2.78. The molecule has 0 aliphatic rings. The van der Waals surface area contributed by atoms with Crippen molar-refractivity contribution in [1.29, 1.82) is 0 Å². The molecule has 0 amide bonds. The second-order valence-electron chi connectivity index (χ2n) is 5.05. The lowest BCUT2D eigenvalue weighted by molar-refractivity contribution is -0.384. The molecule has 0 bridgehead atoms. The second-order valence-corrected chi connectivity index (χ2v) is 7.10. The fourth-order valence-corrected chi connectivity index (χ4v) is 3.00. The van der Waals surface area contributed by atoms with E-state index in [1.54, 1.807) is 0 Å². The maximum atomic E-state index is 12.2. The number of sulfonamides is 1. The van der Waals surface area contributed by atoms with Gasteiger partial charge < -0.3 is 10.8 Å². The number of nitrogen functional groups attached to an aromatic ring is 1. The number of hydrogen-bond acceptors (Lipinski definition) is 6. The summed E-state index contributed by atoms with van der Waals surface area (Å²) in [5, 5.41) is 20.4. The van der Waals surface area contributed by atoms with Crippen LogP contribution in [0.25, 0.3) is 0 Å². The van der Waals surface area contributed by atoms with E-state index < -0.39 is 26.2 Å². The van der Waals surface area contributed by atoms with Crippen LogP contribution in [0.2, 0.25) is 0 Å². The Labute approximate surface area is 117 Å². The first-order valence-electron chi connectivity index (χ1n) is 5.68. The summed E-state index contributed by atoms with van der Waals surface area (Å²) in [4.78, 5) is 9.79. The lowest BCUT2D eigenvalue weighted by atomic mass is 10.1. The number of nitro groups is 1. The molecule has 0 spiro atoms. The van der Waals surface area contributed by atoms with Gasteiger partial charge in [0.05, 0.1) is 15.4 Å². The predicted octanol–water partition coefficient (Wildman–Crippen LogP) is 0.568. The van der Waals surface area contributed by atoms with Crippen LogP contribution in [-0.4, -0.2) is 41.9 Å². The first kappa shape index (κ1) is 16.3. The van der Waals surface area contributed by atoms with E-state index in [1.807, 2.05) is 0 Å². The third-order valence-corrected chi connectivity index (χ3v) is 4.32. The van der Waals surface area contributed by atoms with Crippen molar-refractivity contribution in [2.45, 2.75) is 24.3 Å². The van der Waals surface area contributed by atoms with Crippen molar-refractivity contribution in [1.82, 2.24) is 4.31 Å². The zero-order valence-electron chi connectivity index (χ0n) is 11.4. The number of aliphatic hydroxyl groups is 1. The Bertz CT molecular complexity index is 621. The van der Waals surface area contributed by atoms with Crippen LogP contribution < -0.4 is 5.73 Å². The summed E-state index contributed by atoms with van der Waals surface area (Å²) in [6, 6.07) is 3.27. The molecule has 0 unspecified atom stereocenters. The van der Waals surface area contributed by atoms with Gasteiger partial charge in [0, 0.05) is 19.7 Å². The van der Waals surface area contributed by atoms with Crippen molar-refractivity contribution in [3.05, 3.63) is 28.3 Å². The molecule has 0 saturated carbocycles. The minimum Gasteiger partial charge on any atom is -0.393 e. The monoisotopic (exact) mass is 303 g/mol. The van der Waals surface area contributed by atoms with Crippen LogP contribution in [0, 0.1) is 10.1 Å². The second kappa shape index (κ2) is 5.35. The Kier molecular flexibility index (Phi) is 4.37. The van der Waals surface area contributed by atoms with Gasteiger partial charge in [0.2, 0.25) is 10.0 Å². The summed E-state index contributed by atoms with van der Waals surface area (Å²) in [5.41, 5.74) is 3.62. The van der Waals surface area contributed by atoms with Gasteiger partial charge in [-0.2, -0.15) is 4.31 Å². The molecule has 0 fully saturated rings. The highest BCUT2D eigenvalue weighted by atomic mass is 32.2. The van der Waals surface area contributed by atoms with Crippen LogP contribution in [0.4, 0.5) is 11.4 Å². The third-order valence-electron chi connectivity index (χ3n) is 2.52. The van der Waals surface area contributed by atoms with Crippen LogP contribution >= 0.6 is 0 Å². The van der Waals surface area contributed by atoms with Crippen molar-refractivity contribution in [2.24, 2.45) is 0 Å². The van der Waals surface area contributed by atoms with Gasteiger partial charge in [0.1, 0.15) is 5.69 Å². The van der Waals surface area contributed by atoms with Gasteiger partial charge in [0.15, 0.2) is 0 Å². The normalized spacial score (nSPS) is 12.7. The van der Waals surface area contributed by atoms with Crippen LogP contribution in [0.3, 0.4) is 0 Å². The minimum absolute atomic E-state index is 0.112. The molecular formula is C11H17N3O5S. The molecule has 0 aromatic heterocycles. The number of nitrogens with zero attached hydrogens (tertiary/aromatic N) is 2. The van der Waals surface area contributed by atoms with Crippen molar-refractivity contribution in [3.63, 3.8) is 0 Å². The van der Waals surface area contributed by atoms with E-state index in [0.29, 0.717) is 0 Å². The van der Waals surface area contributed by atoms with E-state index in [4.69, 9.17) is 5.73 Å². The molecule has 0 radical (unpaired) electrons. The molecule has 1 aromatic rings. The Balaban J connectivity index is 3.23. The molecule has 20 heavy (non-hydrogen) atoms. The highest BCUT2D eigenvalue weighted by Crippen LogP contribution is 2.26. The van der Waals surface area contributed by atoms with E-state index in [-0.39, 0.29) is 17.1 Å². The number of likely N-dealkylation sites (N-methyl/N-ethyl adjacent to an activating group) is 1. The van der Waals surface area contributed by atoms with E-state index in [2.05, 4.69) is 0 Å². The molecule has 0 aliphatic heterocycles. The number of benzene rings is 1. The van der Waals surface area contributed by atoms with Crippen molar-refractivity contribution in [3.8, 4) is 0 Å². The van der Waals surface area contributed by atoms with Gasteiger partial charge in [-0.1, -0.05) is 0 Å². The van der Waals surface area contributed by atoms with Crippen LogP contribution in [0.5, 0.6) is 0 Å². The molecule has 1 rings (SSSR count). The van der Waals surface area contributed by atoms with E-state index in [9.17, 15) is 23.6 Å². The number of anilines is 1. The maximum Gasteiger partial charge on any atom is 0.293 e. The Morgan fingerprint density at radius 2 is 2.00 bits per heavy atom. The van der Waals surface area contributed by atoms with E-state index in [1.165, 1.54) is 33.0 Å². The summed E-state index contributed by atoms with van der Waals surface area (Å²) in [5.74, 6) is 0. The maximum absolute atomic E-state index is 12.2. The molecule has 0 heterocycles. The van der Waals surface area contributed by atoms with Crippen LogP contribution in [0.15, 0.2) is 23.1 Å². The molecule has 0 atom stereocenters. The highest BCUT2D eigenvalue weighted by molar-refractivity contribution is 7.89. The fourth-order valence-electron chi connectivity index (χ4n) is 1.65. The lowest BCUT2D eigenvalue weighted by Gasteiger charge is -2.25. The van der Waals surface area contributed by atoms with Gasteiger partial charge in [-0.15, -0.1) is 0 Å². The molecule has 8 nitrogen and oxygen atoms in total. The van der Waals surface area contributed by atoms with Gasteiger partial charge in [-0.05, 0) is 26.0 Å². The molecule has 3 N–H and O–H groups in total. The van der Waals surface area contributed by atoms with Gasteiger partial charge in [0.25, 0.3) is 5.69 Å². The lowest BCUT2D eigenvalue weighted by Crippen LogP contribution is -2.39. The number of nitro benzene ring substituents is 1. The Morgan fingerprint density at radius 3 is 2.45 bits per heavy atom. The largest absolute Gasteiger partial charge is 0.393 e. The Morgan fingerprint density at radius 1 is 1.45 bits per heavy atom. The minimum atomic E-state index is -3.93. The number of rotatable bonds is 5. The summed E-state index contributed by atoms with van der Waals surface area (Å²) >= 11 is 0. The van der Waals surface area contributed by atoms with Crippen LogP contribution in [-0.2, 0) is 10.0 Å². The molecule has 0 aliphatic carbocycles. The number of hydrogen-bond donors (Lipinski definition) is 2. The molecular weight excluding hydrogens is 286 g/mol. The molecule has 0 saturated heterocycles. The standard InChI is InChI=1S/C11H17N3O5S/c1-11(2,15)7-13(3)20(18,19)8-4-5-9(12)10(6-8)14(16)17/h4-6,15H,7,12H2,1-3H3. The molecule has 112 valence electrons. The van der Waals surface area contributed by atoms with Crippen molar-refractivity contribution >= 4 is 21.4 Å². The zero-order chi connectivity index (χ0) is 15.7. The SMILES string of the molecule is CN(CC(C)(C)O)S(=O)(=O)c1ccc(N)c([N+](=O)[O-])c1. The predicted molar refractivity (Wildman–Crippen MR) is 73.6 cm³/mol.